The number of carbonyl (C=O) groups is 1. The Hall–Kier alpha value is -2.69. The molecule has 0 amide bonds. The molecule has 1 heterocycles. The van der Waals surface area contributed by atoms with Crippen LogP contribution in [-0.2, 0) is 0 Å². The number of phenolic OH excluding ortho intramolecular Hbond substituents is 1. The lowest BCUT2D eigenvalue weighted by molar-refractivity contribution is 0.0843. The van der Waals surface area contributed by atoms with Crippen LogP contribution in [0, 0.1) is 0 Å². The fraction of sp³-hybridized carbons (Fsp3) is 0.235. The summed E-state index contributed by atoms with van der Waals surface area (Å²) in [6.07, 6.45) is -0.167. The molecule has 0 fully saturated rings. The Morgan fingerprint density at radius 1 is 1.09 bits per heavy atom. The molecule has 2 aromatic rings. The minimum atomic E-state index is -0.361. The molecule has 1 N–H and O–H groups in total. The van der Waals surface area contributed by atoms with Crippen LogP contribution in [0.15, 0.2) is 36.4 Å². The number of rotatable bonds is 3. The zero-order valence-corrected chi connectivity index (χ0v) is 12.3. The van der Waals surface area contributed by atoms with Crippen LogP contribution in [0.4, 0.5) is 0 Å². The lowest BCUT2D eigenvalue weighted by Gasteiger charge is -2.26. The van der Waals surface area contributed by atoms with E-state index in [1.165, 1.54) is 13.2 Å². The molecule has 0 bridgehead atoms. The Bertz CT molecular complexity index is 706. The van der Waals surface area contributed by atoms with Gasteiger partial charge in [-0.15, -0.1) is 0 Å². The van der Waals surface area contributed by atoms with E-state index in [1.807, 2.05) is 24.3 Å². The van der Waals surface area contributed by atoms with Gasteiger partial charge in [0, 0.05) is 0 Å². The van der Waals surface area contributed by atoms with E-state index < -0.39 is 0 Å². The van der Waals surface area contributed by atoms with E-state index >= 15 is 0 Å². The Morgan fingerprint density at radius 3 is 2.45 bits per heavy atom. The minimum absolute atomic E-state index is 0.0684. The molecule has 1 aliphatic rings. The molecule has 5 heteroatoms. The van der Waals surface area contributed by atoms with Crippen molar-refractivity contribution in [2.75, 3.05) is 14.2 Å². The lowest BCUT2D eigenvalue weighted by Crippen LogP contribution is -2.21. The van der Waals surface area contributed by atoms with Gasteiger partial charge in [-0.3, -0.25) is 4.79 Å². The molecule has 0 aliphatic carbocycles. The molecule has 114 valence electrons. The number of hydrogen-bond acceptors (Lipinski definition) is 5. The number of methoxy groups -OCH3 is 2. The first-order valence-electron chi connectivity index (χ1n) is 6.87. The second-order valence-corrected chi connectivity index (χ2v) is 5.00. The van der Waals surface area contributed by atoms with Crippen molar-refractivity contribution in [1.29, 1.82) is 0 Å². The van der Waals surface area contributed by atoms with Crippen LogP contribution in [0.5, 0.6) is 23.0 Å². The number of hydrogen-bond donors (Lipinski definition) is 1. The number of Topliss-reactive ketones (excluding diaryl/α,β-unsaturated/α-hetero) is 1. The lowest BCUT2D eigenvalue weighted by atomic mass is 9.95. The van der Waals surface area contributed by atoms with Crippen LogP contribution in [0.2, 0.25) is 0 Å². The SMILES string of the molecule is COc1ccc(C2CC(=O)c3c(ccc(O)c3OC)O2)cc1. The van der Waals surface area contributed by atoms with Crippen LogP contribution in [0.1, 0.15) is 28.4 Å². The zero-order valence-electron chi connectivity index (χ0n) is 12.3. The molecule has 1 unspecified atom stereocenters. The highest BCUT2D eigenvalue weighted by molar-refractivity contribution is 6.03. The van der Waals surface area contributed by atoms with E-state index in [4.69, 9.17) is 14.2 Å². The quantitative estimate of drug-likeness (QED) is 0.943. The number of ketones is 1. The van der Waals surface area contributed by atoms with Crippen LogP contribution in [0.25, 0.3) is 0 Å². The van der Waals surface area contributed by atoms with E-state index in [9.17, 15) is 9.90 Å². The summed E-state index contributed by atoms with van der Waals surface area (Å²) < 4.78 is 16.1. The highest BCUT2D eigenvalue weighted by Crippen LogP contribution is 2.43. The maximum atomic E-state index is 12.4. The van der Waals surface area contributed by atoms with Gasteiger partial charge in [-0.25, -0.2) is 0 Å². The van der Waals surface area contributed by atoms with E-state index in [0.717, 1.165) is 11.3 Å². The molecular formula is C17H16O5. The normalized spacial score (nSPS) is 16.6. The van der Waals surface area contributed by atoms with Crippen LogP contribution >= 0.6 is 0 Å². The van der Waals surface area contributed by atoms with Crippen molar-refractivity contribution >= 4 is 5.78 Å². The first-order chi connectivity index (χ1) is 10.6. The Balaban J connectivity index is 1.95. The minimum Gasteiger partial charge on any atom is -0.504 e. The third-order valence-corrected chi connectivity index (χ3v) is 3.71. The van der Waals surface area contributed by atoms with Gasteiger partial charge >= 0.3 is 0 Å². The van der Waals surface area contributed by atoms with Crippen LogP contribution in [0.3, 0.4) is 0 Å². The third kappa shape index (κ3) is 2.35. The van der Waals surface area contributed by atoms with Gasteiger partial charge in [0.25, 0.3) is 0 Å². The first kappa shape index (κ1) is 14.3. The summed E-state index contributed by atoms with van der Waals surface area (Å²) in [5.41, 5.74) is 1.19. The highest BCUT2D eigenvalue weighted by atomic mass is 16.5. The van der Waals surface area contributed by atoms with Crippen molar-refractivity contribution in [2.45, 2.75) is 12.5 Å². The average molecular weight is 300 g/mol. The molecule has 0 aromatic heterocycles. The fourth-order valence-corrected chi connectivity index (χ4v) is 2.59. The van der Waals surface area contributed by atoms with Gasteiger partial charge in [0.1, 0.15) is 23.2 Å². The monoisotopic (exact) mass is 300 g/mol. The molecule has 0 spiro atoms. The number of benzene rings is 2. The van der Waals surface area contributed by atoms with Crippen molar-refractivity contribution in [1.82, 2.24) is 0 Å². The van der Waals surface area contributed by atoms with Crippen molar-refractivity contribution < 1.29 is 24.1 Å². The molecule has 22 heavy (non-hydrogen) atoms. The Morgan fingerprint density at radius 2 is 1.82 bits per heavy atom. The molecule has 0 saturated heterocycles. The van der Waals surface area contributed by atoms with Gasteiger partial charge in [0.15, 0.2) is 17.3 Å². The predicted octanol–water partition coefficient (Wildman–Crippen LogP) is 3.12. The fourth-order valence-electron chi connectivity index (χ4n) is 2.59. The molecule has 5 nitrogen and oxygen atoms in total. The largest absolute Gasteiger partial charge is 0.504 e. The van der Waals surface area contributed by atoms with Gasteiger partial charge in [-0.1, -0.05) is 12.1 Å². The number of aromatic hydroxyl groups is 1. The summed E-state index contributed by atoms with van der Waals surface area (Å²) in [5.74, 6) is 1.15. The van der Waals surface area contributed by atoms with Crippen molar-refractivity contribution in [3.8, 4) is 23.0 Å². The summed E-state index contributed by atoms with van der Waals surface area (Å²) in [6, 6.07) is 10.5. The van der Waals surface area contributed by atoms with Crippen LogP contribution < -0.4 is 14.2 Å². The topological polar surface area (TPSA) is 65.0 Å². The predicted molar refractivity (Wildman–Crippen MR) is 80.0 cm³/mol. The molecule has 0 radical (unpaired) electrons. The van der Waals surface area contributed by atoms with E-state index in [-0.39, 0.29) is 29.8 Å². The second kappa shape index (κ2) is 5.60. The highest BCUT2D eigenvalue weighted by Gasteiger charge is 2.31. The molecule has 1 atom stereocenters. The van der Waals surface area contributed by atoms with Gasteiger partial charge in [0.2, 0.25) is 0 Å². The van der Waals surface area contributed by atoms with Gasteiger partial charge < -0.3 is 19.3 Å². The summed E-state index contributed by atoms with van der Waals surface area (Å²) in [7, 11) is 3.02. The summed E-state index contributed by atoms with van der Waals surface area (Å²) >= 11 is 0. The maximum Gasteiger partial charge on any atom is 0.175 e. The molecular weight excluding hydrogens is 284 g/mol. The third-order valence-electron chi connectivity index (χ3n) is 3.71. The maximum absolute atomic E-state index is 12.4. The standard InChI is InChI=1S/C17H16O5/c1-20-11-5-3-10(4-6-11)15-9-13(19)16-14(22-15)8-7-12(18)17(16)21-2/h3-8,15,18H,9H2,1-2H3. The molecule has 2 aromatic carbocycles. The molecule has 1 aliphatic heterocycles. The number of phenols is 1. The second-order valence-electron chi connectivity index (χ2n) is 5.00. The summed E-state index contributed by atoms with van der Waals surface area (Å²) in [4.78, 5) is 12.4. The average Bonchev–Trinajstić information content (AvgIpc) is 2.55. The van der Waals surface area contributed by atoms with E-state index in [1.54, 1.807) is 13.2 Å². The Kier molecular flexibility index (Phi) is 3.63. The number of ether oxygens (including phenoxy) is 3. The molecule has 3 rings (SSSR count). The number of fused-ring (bicyclic) bond motifs is 1. The van der Waals surface area contributed by atoms with Crippen LogP contribution in [-0.4, -0.2) is 25.1 Å². The molecule has 0 saturated carbocycles. The zero-order chi connectivity index (χ0) is 15.7. The van der Waals surface area contributed by atoms with Crippen molar-refractivity contribution in [3.05, 3.63) is 47.5 Å². The van der Waals surface area contributed by atoms with Gasteiger partial charge in [0.05, 0.1) is 20.6 Å². The van der Waals surface area contributed by atoms with Gasteiger partial charge in [-0.2, -0.15) is 0 Å². The van der Waals surface area contributed by atoms with Crippen molar-refractivity contribution in [3.63, 3.8) is 0 Å². The van der Waals surface area contributed by atoms with E-state index in [2.05, 4.69) is 0 Å². The van der Waals surface area contributed by atoms with Crippen molar-refractivity contribution in [2.24, 2.45) is 0 Å². The van der Waals surface area contributed by atoms with E-state index in [0.29, 0.717) is 11.3 Å². The number of carbonyl (C=O) groups excluding carboxylic acids is 1. The Labute approximate surface area is 128 Å². The smallest absolute Gasteiger partial charge is 0.175 e. The first-order valence-corrected chi connectivity index (χ1v) is 6.87. The summed E-state index contributed by atoms with van der Waals surface area (Å²) in [6.45, 7) is 0. The van der Waals surface area contributed by atoms with Gasteiger partial charge in [-0.05, 0) is 29.8 Å². The summed E-state index contributed by atoms with van der Waals surface area (Å²) in [5, 5.41) is 9.78.